The first-order valence-corrected chi connectivity index (χ1v) is 12.0. The molecular formula is C24H36N6O3. The van der Waals surface area contributed by atoms with Crippen molar-refractivity contribution in [3.63, 3.8) is 0 Å². The van der Waals surface area contributed by atoms with Crippen molar-refractivity contribution in [1.82, 2.24) is 24.7 Å². The molecule has 2 aliphatic heterocycles. The van der Waals surface area contributed by atoms with E-state index in [1.54, 1.807) is 11.6 Å². The molecule has 0 aliphatic carbocycles. The van der Waals surface area contributed by atoms with Crippen LogP contribution in [0.5, 0.6) is 0 Å². The van der Waals surface area contributed by atoms with Gasteiger partial charge >= 0.3 is 5.69 Å². The standard InChI is InChI=1S/C24H36N6O3/c1-16(2)21-15-29(13-12-28(21)11-5-10-25-3)17-6-7-18-20(14-17)27(4)24(33)30(18)19-8-9-22(31)26-23(19)32/h6-7,14,16,19,21,25H,5,8-13,15H2,1-4H3,(H,26,31,32)/t19?,21-/m0/s1. The number of benzene rings is 1. The lowest BCUT2D eigenvalue weighted by molar-refractivity contribution is -0.135. The zero-order valence-electron chi connectivity index (χ0n) is 20.1. The van der Waals surface area contributed by atoms with Gasteiger partial charge in [-0.1, -0.05) is 13.8 Å². The van der Waals surface area contributed by atoms with E-state index in [0.717, 1.165) is 55.9 Å². The number of imidazole rings is 1. The summed E-state index contributed by atoms with van der Waals surface area (Å²) in [6.07, 6.45) is 1.73. The molecule has 0 saturated carbocycles. The molecule has 1 unspecified atom stereocenters. The van der Waals surface area contributed by atoms with Gasteiger partial charge in [0.25, 0.3) is 0 Å². The van der Waals surface area contributed by atoms with Gasteiger partial charge in [-0.3, -0.25) is 28.9 Å². The first kappa shape index (κ1) is 23.5. The fourth-order valence-corrected chi connectivity index (χ4v) is 5.23. The van der Waals surface area contributed by atoms with Crippen molar-refractivity contribution in [3.8, 4) is 0 Å². The molecule has 0 spiro atoms. The molecule has 2 atom stereocenters. The molecule has 4 rings (SSSR count). The van der Waals surface area contributed by atoms with Gasteiger partial charge in [0.2, 0.25) is 11.8 Å². The zero-order chi connectivity index (χ0) is 23.7. The number of anilines is 1. The van der Waals surface area contributed by atoms with Gasteiger partial charge in [-0.25, -0.2) is 4.79 Å². The maximum Gasteiger partial charge on any atom is 0.329 e. The largest absolute Gasteiger partial charge is 0.369 e. The maximum absolute atomic E-state index is 13.0. The molecule has 3 heterocycles. The fraction of sp³-hybridized carbons (Fsp3) is 0.625. The summed E-state index contributed by atoms with van der Waals surface area (Å²) >= 11 is 0. The molecule has 2 aliphatic rings. The molecule has 2 aromatic rings. The minimum atomic E-state index is -0.656. The number of hydrogen-bond donors (Lipinski definition) is 2. The van der Waals surface area contributed by atoms with Crippen molar-refractivity contribution < 1.29 is 9.59 Å². The summed E-state index contributed by atoms with van der Waals surface area (Å²) < 4.78 is 3.15. The van der Waals surface area contributed by atoms with Crippen LogP contribution in [0.3, 0.4) is 0 Å². The van der Waals surface area contributed by atoms with Crippen LogP contribution in [-0.4, -0.2) is 71.7 Å². The van der Waals surface area contributed by atoms with Crippen molar-refractivity contribution in [1.29, 1.82) is 0 Å². The number of fused-ring (bicyclic) bond motifs is 1. The highest BCUT2D eigenvalue weighted by Gasteiger charge is 2.32. The van der Waals surface area contributed by atoms with Gasteiger partial charge in [0.05, 0.1) is 11.0 Å². The van der Waals surface area contributed by atoms with Crippen LogP contribution in [0.2, 0.25) is 0 Å². The molecule has 9 heteroatoms. The van der Waals surface area contributed by atoms with Crippen LogP contribution >= 0.6 is 0 Å². The third-order valence-electron chi connectivity index (χ3n) is 7.14. The van der Waals surface area contributed by atoms with Crippen LogP contribution in [0.15, 0.2) is 23.0 Å². The number of nitrogens with one attached hydrogen (secondary N) is 2. The second kappa shape index (κ2) is 9.69. The van der Waals surface area contributed by atoms with Crippen molar-refractivity contribution in [2.45, 2.75) is 45.2 Å². The number of imide groups is 1. The summed E-state index contributed by atoms with van der Waals surface area (Å²) in [5, 5.41) is 5.60. The predicted octanol–water partition coefficient (Wildman–Crippen LogP) is 1.07. The van der Waals surface area contributed by atoms with E-state index in [0.29, 0.717) is 18.4 Å². The Bertz CT molecular complexity index is 1090. The Morgan fingerprint density at radius 2 is 1.94 bits per heavy atom. The molecule has 2 fully saturated rings. The highest BCUT2D eigenvalue weighted by Crippen LogP contribution is 2.28. The Morgan fingerprint density at radius 3 is 2.64 bits per heavy atom. The molecule has 1 aromatic carbocycles. The number of piperidine rings is 1. The zero-order valence-corrected chi connectivity index (χ0v) is 20.1. The van der Waals surface area contributed by atoms with Crippen LogP contribution in [0.25, 0.3) is 11.0 Å². The third kappa shape index (κ3) is 4.56. The van der Waals surface area contributed by atoms with Gasteiger partial charge in [-0.2, -0.15) is 0 Å². The Labute approximate surface area is 194 Å². The first-order valence-electron chi connectivity index (χ1n) is 12.0. The van der Waals surface area contributed by atoms with Gasteiger partial charge in [-0.05, 0) is 57.1 Å². The summed E-state index contributed by atoms with van der Waals surface area (Å²) in [7, 11) is 3.74. The van der Waals surface area contributed by atoms with E-state index in [4.69, 9.17) is 0 Å². The molecule has 180 valence electrons. The molecule has 9 nitrogen and oxygen atoms in total. The number of carbonyl (C=O) groups is 2. The van der Waals surface area contributed by atoms with E-state index in [2.05, 4.69) is 46.4 Å². The average Bonchev–Trinajstić information content (AvgIpc) is 3.04. The molecule has 2 N–H and O–H groups in total. The molecule has 1 aromatic heterocycles. The van der Waals surface area contributed by atoms with Crippen molar-refractivity contribution in [2.75, 3.05) is 44.7 Å². The Morgan fingerprint density at radius 1 is 1.15 bits per heavy atom. The smallest absolute Gasteiger partial charge is 0.329 e. The number of rotatable bonds is 7. The molecule has 33 heavy (non-hydrogen) atoms. The summed E-state index contributed by atoms with van der Waals surface area (Å²) in [5.74, 6) is -0.139. The van der Waals surface area contributed by atoms with Crippen LogP contribution in [0.1, 0.15) is 39.2 Å². The molecule has 0 radical (unpaired) electrons. The SMILES string of the molecule is CNCCCN1CCN(c2ccc3c(c2)n(C)c(=O)n3C2CCC(=O)NC2=O)C[C@H]1C(C)C. The lowest BCUT2D eigenvalue weighted by atomic mass is 9.98. The second-order valence-corrected chi connectivity index (χ2v) is 9.60. The number of piperazine rings is 1. The topological polar surface area (TPSA) is 91.6 Å². The summed E-state index contributed by atoms with van der Waals surface area (Å²) in [6.45, 7) is 9.60. The number of amides is 2. The van der Waals surface area contributed by atoms with Crippen LogP contribution in [-0.2, 0) is 16.6 Å². The Hall–Kier alpha value is -2.65. The number of nitrogens with zero attached hydrogens (tertiary/aromatic N) is 4. The minimum absolute atomic E-state index is 0.231. The van der Waals surface area contributed by atoms with Gasteiger partial charge < -0.3 is 10.2 Å². The van der Waals surface area contributed by atoms with Gasteiger partial charge in [-0.15, -0.1) is 0 Å². The normalized spacial score (nSPS) is 22.4. The number of aryl methyl sites for hydroxylation is 1. The lowest BCUT2D eigenvalue weighted by Gasteiger charge is -2.44. The predicted molar refractivity (Wildman–Crippen MR) is 130 cm³/mol. The quantitative estimate of drug-likeness (QED) is 0.479. The highest BCUT2D eigenvalue weighted by molar-refractivity contribution is 6.00. The summed E-state index contributed by atoms with van der Waals surface area (Å²) in [5.41, 5.74) is 2.40. The Balaban J connectivity index is 1.60. The van der Waals surface area contributed by atoms with Crippen molar-refractivity contribution in [2.24, 2.45) is 13.0 Å². The number of aromatic nitrogens is 2. The van der Waals surface area contributed by atoms with E-state index in [9.17, 15) is 14.4 Å². The number of carbonyl (C=O) groups excluding carboxylic acids is 2. The summed E-state index contributed by atoms with van der Waals surface area (Å²) in [4.78, 5) is 42.0. The van der Waals surface area contributed by atoms with Crippen LogP contribution < -0.4 is 21.2 Å². The van der Waals surface area contributed by atoms with Crippen molar-refractivity contribution in [3.05, 3.63) is 28.7 Å². The second-order valence-electron chi connectivity index (χ2n) is 9.60. The van der Waals surface area contributed by atoms with E-state index < -0.39 is 11.9 Å². The lowest BCUT2D eigenvalue weighted by Crippen LogP contribution is -2.55. The number of hydrogen-bond acceptors (Lipinski definition) is 6. The third-order valence-corrected chi connectivity index (χ3v) is 7.14. The fourth-order valence-electron chi connectivity index (χ4n) is 5.23. The van der Waals surface area contributed by atoms with E-state index >= 15 is 0 Å². The van der Waals surface area contributed by atoms with Gasteiger partial charge in [0, 0.05) is 44.8 Å². The highest BCUT2D eigenvalue weighted by atomic mass is 16.2. The van der Waals surface area contributed by atoms with Crippen molar-refractivity contribution >= 4 is 28.5 Å². The van der Waals surface area contributed by atoms with E-state index in [1.807, 2.05) is 13.1 Å². The van der Waals surface area contributed by atoms with E-state index in [1.165, 1.54) is 4.57 Å². The van der Waals surface area contributed by atoms with Gasteiger partial charge in [0.1, 0.15) is 6.04 Å². The maximum atomic E-state index is 13.0. The average molecular weight is 457 g/mol. The first-order chi connectivity index (χ1) is 15.8. The molecule has 2 amide bonds. The monoisotopic (exact) mass is 456 g/mol. The Kier molecular flexibility index (Phi) is 6.90. The van der Waals surface area contributed by atoms with Crippen LogP contribution in [0, 0.1) is 5.92 Å². The minimum Gasteiger partial charge on any atom is -0.369 e. The molecular weight excluding hydrogens is 420 g/mol. The molecule has 2 saturated heterocycles. The summed E-state index contributed by atoms with van der Waals surface area (Å²) in [6, 6.07) is 5.88. The molecule has 0 bridgehead atoms. The van der Waals surface area contributed by atoms with Gasteiger partial charge in [0.15, 0.2) is 0 Å². The van der Waals surface area contributed by atoms with E-state index in [-0.39, 0.29) is 18.0 Å². The van der Waals surface area contributed by atoms with Crippen LogP contribution in [0.4, 0.5) is 5.69 Å².